The van der Waals surface area contributed by atoms with Crippen LogP contribution in [0.1, 0.15) is 5.56 Å². The van der Waals surface area contributed by atoms with Gasteiger partial charge in [-0.05, 0) is 6.07 Å². The Labute approximate surface area is 91.6 Å². The first-order chi connectivity index (χ1) is 7.52. The van der Waals surface area contributed by atoms with Crippen molar-refractivity contribution in [3.8, 4) is 5.75 Å². The van der Waals surface area contributed by atoms with Gasteiger partial charge in [-0.1, -0.05) is 18.2 Å². The predicted octanol–water partition coefficient (Wildman–Crippen LogP) is 2.44. The highest BCUT2D eigenvalue weighted by Gasteiger charge is 2.54. The molecule has 5 heteroatoms. The van der Waals surface area contributed by atoms with Gasteiger partial charge in [-0.15, -0.1) is 0 Å². The quantitative estimate of drug-likeness (QED) is 0.741. The van der Waals surface area contributed by atoms with Crippen molar-refractivity contribution in [2.45, 2.75) is 18.8 Å². The number of hydrogen-bond donors (Lipinski definition) is 0. The van der Waals surface area contributed by atoms with Gasteiger partial charge in [-0.2, -0.15) is 13.2 Å². The van der Waals surface area contributed by atoms with E-state index in [0.717, 1.165) is 5.56 Å². The molecule has 0 N–H and O–H groups in total. The summed E-state index contributed by atoms with van der Waals surface area (Å²) in [6, 6.07) is 5.85. The van der Waals surface area contributed by atoms with Crippen LogP contribution in [0.25, 0.3) is 0 Å². The molecular formula is C11H12F3NO. The molecule has 2 nitrogen and oxygen atoms in total. The maximum absolute atomic E-state index is 12.3. The molecule has 0 amide bonds. The van der Waals surface area contributed by atoms with E-state index in [4.69, 9.17) is 4.74 Å². The average Bonchev–Trinajstić information content (AvgIpc) is 2.97. The summed E-state index contributed by atoms with van der Waals surface area (Å²) in [5.41, 5.74) is 0.789. The zero-order chi connectivity index (χ0) is 11.8. The molecule has 88 valence electrons. The van der Waals surface area contributed by atoms with E-state index in [1.807, 2.05) is 0 Å². The highest BCUT2D eigenvalue weighted by molar-refractivity contribution is 5.33. The lowest BCUT2D eigenvalue weighted by atomic mass is 10.2. The molecule has 1 unspecified atom stereocenters. The molecule has 0 bridgehead atoms. The normalized spacial score (nSPS) is 24.2. The van der Waals surface area contributed by atoms with E-state index in [-0.39, 0.29) is 13.1 Å². The summed E-state index contributed by atoms with van der Waals surface area (Å²) in [6.45, 7) is 0.371. The van der Waals surface area contributed by atoms with Crippen LogP contribution in [0, 0.1) is 0 Å². The second-order valence-corrected chi connectivity index (χ2v) is 3.80. The highest BCUT2D eigenvalue weighted by atomic mass is 19.4. The molecule has 1 aromatic rings. The number of halogens is 3. The van der Waals surface area contributed by atoms with E-state index in [1.54, 1.807) is 24.3 Å². The largest absolute Gasteiger partial charge is 0.496 e. The maximum Gasteiger partial charge on any atom is 0.405 e. The number of nitrogens with zero attached hydrogens (tertiary/aromatic N) is 1. The molecule has 1 fully saturated rings. The van der Waals surface area contributed by atoms with Crippen LogP contribution in [-0.4, -0.2) is 30.8 Å². The Bertz CT molecular complexity index is 378. The van der Waals surface area contributed by atoms with Gasteiger partial charge >= 0.3 is 6.18 Å². The van der Waals surface area contributed by atoms with Gasteiger partial charge in [0.2, 0.25) is 0 Å². The van der Waals surface area contributed by atoms with E-state index in [2.05, 4.69) is 0 Å². The zero-order valence-corrected chi connectivity index (χ0v) is 8.79. The van der Waals surface area contributed by atoms with E-state index in [1.165, 1.54) is 12.0 Å². The molecular weight excluding hydrogens is 219 g/mol. The second kappa shape index (κ2) is 3.97. The summed E-state index contributed by atoms with van der Waals surface area (Å²) in [4.78, 5) is 1.37. The minimum absolute atomic E-state index is 0.0849. The van der Waals surface area contributed by atoms with Gasteiger partial charge in [0.1, 0.15) is 11.8 Å². The van der Waals surface area contributed by atoms with Crippen LogP contribution < -0.4 is 4.74 Å². The number of rotatable bonds is 3. The summed E-state index contributed by atoms with van der Waals surface area (Å²) < 4.78 is 42.0. The Kier molecular flexibility index (Phi) is 2.80. The summed E-state index contributed by atoms with van der Waals surface area (Å²) >= 11 is 0. The minimum atomic E-state index is -4.11. The van der Waals surface area contributed by atoms with Crippen molar-refractivity contribution < 1.29 is 17.9 Å². The van der Waals surface area contributed by atoms with Crippen molar-refractivity contribution in [3.63, 3.8) is 0 Å². The number of alkyl halides is 3. The van der Waals surface area contributed by atoms with Gasteiger partial charge in [0.05, 0.1) is 7.11 Å². The zero-order valence-electron chi connectivity index (χ0n) is 8.79. The maximum atomic E-state index is 12.3. The molecule has 1 aliphatic rings. The van der Waals surface area contributed by atoms with Crippen LogP contribution >= 0.6 is 0 Å². The third-order valence-electron chi connectivity index (χ3n) is 2.66. The molecule has 0 aromatic heterocycles. The first kappa shape index (κ1) is 11.3. The smallest absolute Gasteiger partial charge is 0.405 e. The Balaban J connectivity index is 2.01. The van der Waals surface area contributed by atoms with Crippen molar-refractivity contribution in [1.29, 1.82) is 0 Å². The molecule has 1 heterocycles. The Morgan fingerprint density at radius 3 is 2.62 bits per heavy atom. The Morgan fingerprint density at radius 1 is 1.38 bits per heavy atom. The molecule has 16 heavy (non-hydrogen) atoms. The monoisotopic (exact) mass is 231 g/mol. The lowest BCUT2D eigenvalue weighted by Crippen LogP contribution is -2.21. The minimum Gasteiger partial charge on any atom is -0.496 e. The molecule has 1 saturated heterocycles. The molecule has 1 aliphatic heterocycles. The number of methoxy groups -OCH3 is 1. The Morgan fingerprint density at radius 2 is 2.06 bits per heavy atom. The lowest BCUT2D eigenvalue weighted by Gasteiger charge is -2.10. The van der Waals surface area contributed by atoms with Gasteiger partial charge in [0.25, 0.3) is 0 Å². The lowest BCUT2D eigenvalue weighted by molar-refractivity contribution is -0.136. The van der Waals surface area contributed by atoms with Crippen LogP contribution in [0.15, 0.2) is 24.3 Å². The summed E-state index contributed by atoms with van der Waals surface area (Å²) in [6.07, 6.45) is -4.11. The second-order valence-electron chi connectivity index (χ2n) is 3.80. The van der Waals surface area contributed by atoms with Crippen LogP contribution in [0.4, 0.5) is 13.2 Å². The molecule has 0 aliphatic carbocycles. The van der Waals surface area contributed by atoms with E-state index >= 15 is 0 Å². The van der Waals surface area contributed by atoms with E-state index in [0.29, 0.717) is 5.75 Å². The van der Waals surface area contributed by atoms with Crippen LogP contribution in [0.3, 0.4) is 0 Å². The average molecular weight is 231 g/mol. The van der Waals surface area contributed by atoms with Crippen molar-refractivity contribution in [1.82, 2.24) is 4.90 Å². The van der Waals surface area contributed by atoms with Crippen molar-refractivity contribution in [2.24, 2.45) is 0 Å². The number of para-hydroxylation sites is 1. The van der Waals surface area contributed by atoms with Crippen molar-refractivity contribution in [3.05, 3.63) is 29.8 Å². The Hall–Kier alpha value is -1.23. The van der Waals surface area contributed by atoms with Gasteiger partial charge in [0, 0.05) is 18.7 Å². The van der Waals surface area contributed by atoms with Gasteiger partial charge in [-0.25, -0.2) is 0 Å². The topological polar surface area (TPSA) is 12.2 Å². The number of hydrogen-bond acceptors (Lipinski definition) is 2. The standard InChI is InChI=1S/C11H12F3NO/c1-16-9-5-3-2-4-8(9)6-15-7-10(15)11(12,13)14/h2-5,10H,6-7H2,1H3/t10-,15?/m1/s1. The van der Waals surface area contributed by atoms with Crippen molar-refractivity contribution >= 4 is 0 Å². The number of benzene rings is 1. The molecule has 0 radical (unpaired) electrons. The third kappa shape index (κ3) is 2.29. The fourth-order valence-corrected chi connectivity index (χ4v) is 1.71. The molecule has 2 atom stereocenters. The summed E-state index contributed by atoms with van der Waals surface area (Å²) in [5.74, 6) is 0.635. The first-order valence-electron chi connectivity index (χ1n) is 4.95. The van der Waals surface area contributed by atoms with Crippen LogP contribution in [0.2, 0.25) is 0 Å². The molecule has 0 saturated carbocycles. The predicted molar refractivity (Wildman–Crippen MR) is 53.2 cm³/mol. The van der Waals surface area contributed by atoms with Crippen LogP contribution in [0.5, 0.6) is 5.75 Å². The van der Waals surface area contributed by atoms with E-state index in [9.17, 15) is 13.2 Å². The van der Waals surface area contributed by atoms with Gasteiger partial charge in [0.15, 0.2) is 0 Å². The molecule has 1 aromatic carbocycles. The summed E-state index contributed by atoms with van der Waals surface area (Å²) in [5, 5.41) is 0. The van der Waals surface area contributed by atoms with E-state index < -0.39 is 12.2 Å². The highest BCUT2D eigenvalue weighted by Crippen LogP contribution is 2.36. The molecule has 0 spiro atoms. The fraction of sp³-hybridized carbons (Fsp3) is 0.455. The van der Waals surface area contributed by atoms with Gasteiger partial charge in [-0.3, -0.25) is 4.90 Å². The van der Waals surface area contributed by atoms with Crippen molar-refractivity contribution in [2.75, 3.05) is 13.7 Å². The third-order valence-corrected chi connectivity index (χ3v) is 2.66. The molecule has 2 rings (SSSR count). The fourth-order valence-electron chi connectivity index (χ4n) is 1.71. The SMILES string of the molecule is COc1ccccc1CN1C[C@@H]1C(F)(F)F. The first-order valence-corrected chi connectivity index (χ1v) is 4.95. The van der Waals surface area contributed by atoms with Crippen LogP contribution in [-0.2, 0) is 6.54 Å². The summed E-state index contributed by atoms with van der Waals surface area (Å²) in [7, 11) is 1.52. The van der Waals surface area contributed by atoms with Gasteiger partial charge < -0.3 is 4.74 Å². The number of ether oxygens (including phenoxy) is 1.